The molecule has 1 heteroatoms. The van der Waals surface area contributed by atoms with Gasteiger partial charge in [-0.05, 0) is 23.5 Å². The second kappa shape index (κ2) is 4.31. The summed E-state index contributed by atoms with van der Waals surface area (Å²) in [6.07, 6.45) is 2.04. The fourth-order valence-electron chi connectivity index (χ4n) is 1.55. The van der Waals surface area contributed by atoms with Crippen LogP contribution in [0.2, 0.25) is 0 Å². The van der Waals surface area contributed by atoms with Gasteiger partial charge in [-0.25, -0.2) is 0 Å². The fraction of sp³-hybridized carbons (Fsp3) is 0.500. The Balaban J connectivity index is 3.03. The molecule has 0 heterocycles. The van der Waals surface area contributed by atoms with Crippen molar-refractivity contribution in [1.82, 2.24) is 0 Å². The Morgan fingerprint density at radius 1 is 1.31 bits per heavy atom. The van der Waals surface area contributed by atoms with E-state index in [-0.39, 0.29) is 0 Å². The number of phenolic OH excluding ortho intramolecular Hbond substituents is 1. The predicted molar refractivity (Wildman–Crippen MR) is 56.2 cm³/mol. The average Bonchev–Trinajstić information content (AvgIpc) is 2.08. The Morgan fingerprint density at radius 3 is 2.54 bits per heavy atom. The third kappa shape index (κ3) is 2.24. The number of rotatable bonds is 3. The van der Waals surface area contributed by atoms with Crippen LogP contribution in [0.5, 0.6) is 5.75 Å². The van der Waals surface area contributed by atoms with Crippen molar-refractivity contribution in [3.63, 3.8) is 0 Å². The molecule has 0 fully saturated rings. The first-order valence-electron chi connectivity index (χ1n) is 4.97. The molecule has 0 aliphatic heterocycles. The molecule has 1 N–H and O–H groups in total. The first-order valence-corrected chi connectivity index (χ1v) is 4.97. The molecule has 72 valence electrons. The van der Waals surface area contributed by atoms with E-state index in [1.54, 1.807) is 0 Å². The number of hydrogen-bond donors (Lipinski definition) is 1. The maximum atomic E-state index is 9.89. The normalized spacial score (nSPS) is 10.8. The highest BCUT2D eigenvalue weighted by molar-refractivity contribution is 5.41. The van der Waals surface area contributed by atoms with E-state index in [0.29, 0.717) is 11.7 Å². The van der Waals surface area contributed by atoms with Gasteiger partial charge >= 0.3 is 0 Å². The van der Waals surface area contributed by atoms with E-state index >= 15 is 0 Å². The second-order valence-corrected chi connectivity index (χ2v) is 3.76. The van der Waals surface area contributed by atoms with Gasteiger partial charge in [0.05, 0.1) is 0 Å². The SMILES string of the molecule is CCCc1cccc(C(C)C)c1O. The Bertz CT molecular complexity index is 276. The summed E-state index contributed by atoms with van der Waals surface area (Å²) in [6, 6.07) is 6.03. The Kier molecular flexibility index (Phi) is 3.35. The van der Waals surface area contributed by atoms with Crippen LogP contribution in [-0.4, -0.2) is 5.11 Å². The van der Waals surface area contributed by atoms with Gasteiger partial charge in [-0.3, -0.25) is 0 Å². The molecule has 0 saturated heterocycles. The molecule has 1 aromatic carbocycles. The summed E-state index contributed by atoms with van der Waals surface area (Å²) >= 11 is 0. The lowest BCUT2D eigenvalue weighted by Gasteiger charge is -2.11. The van der Waals surface area contributed by atoms with Crippen molar-refractivity contribution in [2.45, 2.75) is 39.5 Å². The predicted octanol–water partition coefficient (Wildman–Crippen LogP) is 3.47. The van der Waals surface area contributed by atoms with Crippen molar-refractivity contribution in [1.29, 1.82) is 0 Å². The second-order valence-electron chi connectivity index (χ2n) is 3.76. The monoisotopic (exact) mass is 178 g/mol. The van der Waals surface area contributed by atoms with Crippen molar-refractivity contribution in [2.75, 3.05) is 0 Å². The molecule has 0 aliphatic carbocycles. The Hall–Kier alpha value is -0.980. The van der Waals surface area contributed by atoms with Gasteiger partial charge in [0.2, 0.25) is 0 Å². The smallest absolute Gasteiger partial charge is 0.122 e. The molecule has 0 bridgehead atoms. The molecular weight excluding hydrogens is 160 g/mol. The summed E-state index contributed by atoms with van der Waals surface area (Å²) in [7, 11) is 0. The van der Waals surface area contributed by atoms with Gasteiger partial charge in [-0.2, -0.15) is 0 Å². The van der Waals surface area contributed by atoms with Crippen molar-refractivity contribution >= 4 is 0 Å². The number of aryl methyl sites for hydroxylation is 1. The largest absolute Gasteiger partial charge is 0.507 e. The van der Waals surface area contributed by atoms with Crippen LogP contribution in [0.25, 0.3) is 0 Å². The van der Waals surface area contributed by atoms with Gasteiger partial charge in [0, 0.05) is 0 Å². The molecule has 1 rings (SSSR count). The first kappa shape index (κ1) is 10.1. The van der Waals surface area contributed by atoms with Crippen molar-refractivity contribution in [3.05, 3.63) is 29.3 Å². The fourth-order valence-corrected chi connectivity index (χ4v) is 1.55. The number of hydrogen-bond acceptors (Lipinski definition) is 1. The number of phenols is 1. The summed E-state index contributed by atoms with van der Waals surface area (Å²) < 4.78 is 0. The molecule has 0 spiro atoms. The quantitative estimate of drug-likeness (QED) is 0.751. The molecule has 0 saturated carbocycles. The van der Waals surface area contributed by atoms with Crippen LogP contribution < -0.4 is 0 Å². The molecule has 0 amide bonds. The van der Waals surface area contributed by atoms with Gasteiger partial charge in [-0.15, -0.1) is 0 Å². The molecule has 1 nitrogen and oxygen atoms in total. The van der Waals surface area contributed by atoms with E-state index in [0.717, 1.165) is 24.0 Å². The van der Waals surface area contributed by atoms with Crippen LogP contribution in [0, 0.1) is 0 Å². The van der Waals surface area contributed by atoms with Gasteiger partial charge in [0.1, 0.15) is 5.75 Å². The molecule has 0 radical (unpaired) electrons. The zero-order valence-corrected chi connectivity index (χ0v) is 8.67. The van der Waals surface area contributed by atoms with Crippen LogP contribution in [0.1, 0.15) is 44.2 Å². The molecule has 0 atom stereocenters. The highest BCUT2D eigenvalue weighted by Gasteiger charge is 2.08. The first-order chi connectivity index (χ1) is 6.16. The van der Waals surface area contributed by atoms with E-state index in [4.69, 9.17) is 0 Å². The van der Waals surface area contributed by atoms with E-state index in [2.05, 4.69) is 20.8 Å². The van der Waals surface area contributed by atoms with Crippen LogP contribution in [0.4, 0.5) is 0 Å². The standard InChI is InChI=1S/C12H18O/c1-4-6-10-7-5-8-11(9(2)3)12(10)13/h5,7-9,13H,4,6H2,1-3H3. The third-order valence-corrected chi connectivity index (χ3v) is 2.29. The van der Waals surface area contributed by atoms with E-state index in [1.807, 2.05) is 18.2 Å². The maximum Gasteiger partial charge on any atom is 0.122 e. The van der Waals surface area contributed by atoms with Crippen LogP contribution >= 0.6 is 0 Å². The lowest BCUT2D eigenvalue weighted by molar-refractivity contribution is 0.457. The Morgan fingerprint density at radius 2 is 2.00 bits per heavy atom. The summed E-state index contributed by atoms with van der Waals surface area (Å²) in [5, 5.41) is 9.89. The summed E-state index contributed by atoms with van der Waals surface area (Å²) in [4.78, 5) is 0. The zero-order chi connectivity index (χ0) is 9.84. The van der Waals surface area contributed by atoms with E-state index in [9.17, 15) is 5.11 Å². The van der Waals surface area contributed by atoms with Crippen molar-refractivity contribution in [3.8, 4) is 5.75 Å². The van der Waals surface area contributed by atoms with Gasteiger partial charge in [0.25, 0.3) is 0 Å². The maximum absolute atomic E-state index is 9.89. The highest BCUT2D eigenvalue weighted by atomic mass is 16.3. The van der Waals surface area contributed by atoms with Gasteiger partial charge in [-0.1, -0.05) is 45.4 Å². The minimum Gasteiger partial charge on any atom is -0.507 e. The minimum atomic E-state index is 0.400. The van der Waals surface area contributed by atoms with E-state index < -0.39 is 0 Å². The zero-order valence-electron chi connectivity index (χ0n) is 8.67. The summed E-state index contributed by atoms with van der Waals surface area (Å²) in [5.74, 6) is 0.899. The number of para-hydroxylation sites is 1. The van der Waals surface area contributed by atoms with Crippen LogP contribution in [-0.2, 0) is 6.42 Å². The summed E-state index contributed by atoms with van der Waals surface area (Å²) in [6.45, 7) is 6.33. The number of benzene rings is 1. The Labute approximate surface area is 80.4 Å². The van der Waals surface area contributed by atoms with Crippen molar-refractivity contribution in [2.24, 2.45) is 0 Å². The summed E-state index contributed by atoms with van der Waals surface area (Å²) in [5.41, 5.74) is 2.14. The van der Waals surface area contributed by atoms with Gasteiger partial charge < -0.3 is 5.11 Å². The third-order valence-electron chi connectivity index (χ3n) is 2.29. The lowest BCUT2D eigenvalue weighted by Crippen LogP contribution is -1.92. The molecule has 1 aromatic rings. The minimum absolute atomic E-state index is 0.400. The molecule has 0 unspecified atom stereocenters. The molecular formula is C12H18O. The average molecular weight is 178 g/mol. The van der Waals surface area contributed by atoms with Crippen molar-refractivity contribution < 1.29 is 5.11 Å². The molecule has 0 aromatic heterocycles. The highest BCUT2D eigenvalue weighted by Crippen LogP contribution is 2.29. The van der Waals surface area contributed by atoms with Crippen LogP contribution in [0.15, 0.2) is 18.2 Å². The molecule has 13 heavy (non-hydrogen) atoms. The lowest BCUT2D eigenvalue weighted by atomic mass is 9.97. The van der Waals surface area contributed by atoms with Crippen LogP contribution in [0.3, 0.4) is 0 Å². The van der Waals surface area contributed by atoms with E-state index in [1.165, 1.54) is 0 Å². The van der Waals surface area contributed by atoms with Gasteiger partial charge in [0.15, 0.2) is 0 Å². The molecule has 0 aliphatic rings. The topological polar surface area (TPSA) is 20.2 Å². The number of aromatic hydroxyl groups is 1.